The van der Waals surface area contributed by atoms with Crippen LogP contribution in [0.5, 0.6) is 5.75 Å². The minimum Gasteiger partial charge on any atom is -0.495 e. The molecule has 7 nitrogen and oxygen atoms in total. The summed E-state index contributed by atoms with van der Waals surface area (Å²) in [6.45, 7) is 0. The lowest BCUT2D eigenvalue weighted by molar-refractivity contribution is 0.0949. The van der Waals surface area contributed by atoms with E-state index < -0.39 is 5.91 Å². The van der Waals surface area contributed by atoms with E-state index in [0.29, 0.717) is 22.3 Å². The Bertz CT molecular complexity index is 909. The van der Waals surface area contributed by atoms with E-state index in [1.54, 1.807) is 31.4 Å². The lowest BCUT2D eigenvalue weighted by Crippen LogP contribution is -2.18. The molecule has 8 heteroatoms. The van der Waals surface area contributed by atoms with Gasteiger partial charge >= 0.3 is 0 Å². The molecular formula is C17H13ClN4O3. The van der Waals surface area contributed by atoms with Gasteiger partial charge in [-0.05, 0) is 30.3 Å². The number of furan rings is 1. The van der Waals surface area contributed by atoms with Crippen LogP contribution < -0.4 is 10.2 Å². The van der Waals surface area contributed by atoms with Gasteiger partial charge < -0.3 is 9.15 Å². The average molecular weight is 357 g/mol. The van der Waals surface area contributed by atoms with Gasteiger partial charge in [-0.2, -0.15) is 5.10 Å². The zero-order valence-electron chi connectivity index (χ0n) is 13.1. The Balaban J connectivity index is 1.67. The number of rotatable bonds is 5. The minimum atomic E-state index is -0.460. The largest absolute Gasteiger partial charge is 0.495 e. The number of methoxy groups -OCH3 is 1. The van der Waals surface area contributed by atoms with Gasteiger partial charge in [0.15, 0.2) is 0 Å². The van der Waals surface area contributed by atoms with Crippen LogP contribution in [0.1, 0.15) is 16.2 Å². The highest BCUT2D eigenvalue weighted by Crippen LogP contribution is 2.30. The van der Waals surface area contributed by atoms with E-state index in [1.165, 1.54) is 24.8 Å². The van der Waals surface area contributed by atoms with Crippen molar-refractivity contribution in [3.63, 3.8) is 0 Å². The number of nitrogens with one attached hydrogen (secondary N) is 1. The molecule has 1 aromatic carbocycles. The number of hydrogen-bond acceptors (Lipinski definition) is 6. The molecule has 2 heterocycles. The minimum absolute atomic E-state index is 0.174. The predicted molar refractivity (Wildman–Crippen MR) is 92.8 cm³/mol. The molecule has 1 N–H and O–H groups in total. The third kappa shape index (κ3) is 4.02. The third-order valence-electron chi connectivity index (χ3n) is 3.22. The molecule has 126 valence electrons. The lowest BCUT2D eigenvalue weighted by Gasteiger charge is -2.04. The summed E-state index contributed by atoms with van der Waals surface area (Å²) in [6, 6.07) is 8.85. The molecule has 0 fully saturated rings. The summed E-state index contributed by atoms with van der Waals surface area (Å²) in [4.78, 5) is 19.5. The molecule has 0 aliphatic rings. The first kappa shape index (κ1) is 16.7. The van der Waals surface area contributed by atoms with E-state index in [4.69, 9.17) is 20.8 Å². The molecule has 3 rings (SSSR count). The molecule has 0 spiro atoms. The first-order valence-corrected chi connectivity index (χ1v) is 7.58. The van der Waals surface area contributed by atoms with E-state index in [2.05, 4.69) is 20.5 Å². The number of nitrogens with zero attached hydrogens (tertiary/aromatic N) is 3. The normalized spacial score (nSPS) is 10.8. The molecule has 0 unspecified atom stereocenters. The molecule has 0 bridgehead atoms. The molecule has 25 heavy (non-hydrogen) atoms. The number of hydrazone groups is 1. The van der Waals surface area contributed by atoms with Gasteiger partial charge in [-0.1, -0.05) is 11.6 Å². The molecule has 0 aliphatic carbocycles. The number of carbonyl (C=O) groups excluding carboxylic acids is 1. The zero-order chi connectivity index (χ0) is 17.6. The number of ether oxygens (including phenoxy) is 1. The Labute approximate surface area is 148 Å². The van der Waals surface area contributed by atoms with E-state index >= 15 is 0 Å². The summed E-state index contributed by atoms with van der Waals surface area (Å²) in [5.74, 6) is 1.22. The summed E-state index contributed by atoms with van der Waals surface area (Å²) < 4.78 is 10.8. The summed E-state index contributed by atoms with van der Waals surface area (Å²) >= 11 is 6.11. The van der Waals surface area contributed by atoms with Crippen LogP contribution in [0, 0.1) is 0 Å². The van der Waals surface area contributed by atoms with Gasteiger partial charge in [0.1, 0.15) is 23.0 Å². The van der Waals surface area contributed by atoms with E-state index in [9.17, 15) is 4.79 Å². The molecule has 0 aliphatic heterocycles. The Hall–Kier alpha value is -3.19. The van der Waals surface area contributed by atoms with Crippen molar-refractivity contribution in [1.82, 2.24) is 15.4 Å². The highest BCUT2D eigenvalue weighted by Gasteiger charge is 2.08. The van der Waals surface area contributed by atoms with Crippen molar-refractivity contribution in [3.05, 3.63) is 65.4 Å². The fourth-order valence-corrected chi connectivity index (χ4v) is 2.28. The Kier molecular flexibility index (Phi) is 5.06. The van der Waals surface area contributed by atoms with Crippen molar-refractivity contribution in [2.45, 2.75) is 0 Å². The lowest BCUT2D eigenvalue weighted by atomic mass is 10.2. The number of amides is 1. The smallest absolute Gasteiger partial charge is 0.291 e. The van der Waals surface area contributed by atoms with Crippen LogP contribution >= 0.6 is 11.6 Å². The monoisotopic (exact) mass is 356 g/mol. The zero-order valence-corrected chi connectivity index (χ0v) is 13.9. The van der Waals surface area contributed by atoms with Crippen molar-refractivity contribution < 1.29 is 13.9 Å². The quantitative estimate of drug-likeness (QED) is 0.560. The van der Waals surface area contributed by atoms with Gasteiger partial charge in [-0.3, -0.25) is 9.78 Å². The molecule has 0 atom stereocenters. The Morgan fingerprint density at radius 3 is 2.92 bits per heavy atom. The maximum atomic E-state index is 11.8. The molecule has 0 radical (unpaired) electrons. The van der Waals surface area contributed by atoms with Crippen LogP contribution in [-0.4, -0.2) is 29.2 Å². The summed E-state index contributed by atoms with van der Waals surface area (Å²) in [5, 5.41) is 4.33. The summed E-state index contributed by atoms with van der Waals surface area (Å²) in [5.41, 5.74) is 3.32. The van der Waals surface area contributed by atoms with Crippen molar-refractivity contribution in [1.29, 1.82) is 0 Å². The number of carbonyl (C=O) groups is 1. The Morgan fingerprint density at radius 1 is 1.32 bits per heavy atom. The highest BCUT2D eigenvalue weighted by molar-refractivity contribution is 6.32. The first-order valence-electron chi connectivity index (χ1n) is 7.20. The van der Waals surface area contributed by atoms with Crippen molar-refractivity contribution >= 4 is 23.7 Å². The van der Waals surface area contributed by atoms with Gasteiger partial charge in [-0.25, -0.2) is 10.4 Å². The van der Waals surface area contributed by atoms with Crippen LogP contribution in [0.15, 0.2) is 58.4 Å². The number of aromatic nitrogens is 2. The fraction of sp³-hybridized carbons (Fsp3) is 0.0588. The maximum Gasteiger partial charge on any atom is 0.291 e. The van der Waals surface area contributed by atoms with Crippen LogP contribution in [0.25, 0.3) is 11.3 Å². The van der Waals surface area contributed by atoms with Gasteiger partial charge in [0.2, 0.25) is 0 Å². The molecule has 1 amide bonds. The molecular weight excluding hydrogens is 344 g/mol. The highest BCUT2D eigenvalue weighted by atomic mass is 35.5. The molecule has 3 aromatic rings. The molecule has 2 aromatic heterocycles. The summed E-state index contributed by atoms with van der Waals surface area (Å²) in [7, 11) is 1.55. The van der Waals surface area contributed by atoms with E-state index in [-0.39, 0.29) is 5.69 Å². The van der Waals surface area contributed by atoms with Gasteiger partial charge in [0, 0.05) is 18.0 Å². The Morgan fingerprint density at radius 2 is 2.20 bits per heavy atom. The molecule has 0 saturated heterocycles. The number of hydrogen-bond donors (Lipinski definition) is 1. The van der Waals surface area contributed by atoms with Crippen molar-refractivity contribution in [3.8, 4) is 17.1 Å². The predicted octanol–water partition coefficient (Wildman–Crippen LogP) is 3.16. The maximum absolute atomic E-state index is 11.8. The van der Waals surface area contributed by atoms with Crippen LogP contribution in [0.3, 0.4) is 0 Å². The SMILES string of the molecule is COc1ccc(-c2ccc(/C=N\NC(=O)c3cnccn3)o2)cc1Cl. The third-order valence-corrected chi connectivity index (χ3v) is 3.51. The van der Waals surface area contributed by atoms with Gasteiger partial charge in [0.25, 0.3) is 5.91 Å². The van der Waals surface area contributed by atoms with Gasteiger partial charge in [-0.15, -0.1) is 0 Å². The van der Waals surface area contributed by atoms with Crippen LogP contribution in [0.4, 0.5) is 0 Å². The second-order valence-corrected chi connectivity index (χ2v) is 5.25. The number of halogens is 1. The van der Waals surface area contributed by atoms with Crippen LogP contribution in [-0.2, 0) is 0 Å². The van der Waals surface area contributed by atoms with Crippen LogP contribution in [0.2, 0.25) is 5.02 Å². The van der Waals surface area contributed by atoms with Crippen molar-refractivity contribution in [2.75, 3.05) is 7.11 Å². The standard InChI is InChI=1S/C17H13ClN4O3/c1-24-16-4-2-11(8-13(16)18)15-5-3-12(25-15)9-21-22-17(23)14-10-19-6-7-20-14/h2-10H,1H3,(H,22,23)/b21-9-. The number of benzene rings is 1. The van der Waals surface area contributed by atoms with Crippen molar-refractivity contribution in [2.24, 2.45) is 5.10 Å². The van der Waals surface area contributed by atoms with E-state index in [0.717, 1.165) is 5.56 Å². The average Bonchev–Trinajstić information content (AvgIpc) is 3.11. The second-order valence-electron chi connectivity index (χ2n) is 4.84. The van der Waals surface area contributed by atoms with Gasteiger partial charge in [0.05, 0.1) is 24.5 Å². The summed E-state index contributed by atoms with van der Waals surface area (Å²) in [6.07, 6.45) is 5.65. The molecule has 0 saturated carbocycles. The topological polar surface area (TPSA) is 89.6 Å². The fourth-order valence-electron chi connectivity index (χ4n) is 2.03. The van der Waals surface area contributed by atoms with E-state index in [1.807, 2.05) is 6.07 Å². The second kappa shape index (κ2) is 7.59. The first-order chi connectivity index (χ1) is 12.2.